The van der Waals surface area contributed by atoms with Crippen molar-refractivity contribution >= 4 is 40.0 Å². The molecule has 7 heteroatoms. The number of aromatic nitrogens is 1. The normalized spacial score (nSPS) is 19.3. The van der Waals surface area contributed by atoms with Gasteiger partial charge in [-0.1, -0.05) is 29.8 Å². The smallest absolute Gasteiger partial charge is 0.243 e. The summed E-state index contributed by atoms with van der Waals surface area (Å²) >= 11 is 6.16. The van der Waals surface area contributed by atoms with Crippen molar-refractivity contribution in [2.45, 2.75) is 64.5 Å². The minimum absolute atomic E-state index is 0.0358. The van der Waals surface area contributed by atoms with Crippen LogP contribution >= 0.6 is 11.6 Å². The molecule has 1 atom stereocenters. The number of hydrogen-bond donors (Lipinski definition) is 0. The lowest BCUT2D eigenvalue weighted by Gasteiger charge is -2.24. The van der Waals surface area contributed by atoms with Crippen molar-refractivity contribution in [3.05, 3.63) is 69.6 Å². The Morgan fingerprint density at radius 2 is 1.83 bits per heavy atom. The Bertz CT molecular complexity index is 1350. The van der Waals surface area contributed by atoms with Crippen LogP contribution in [0.2, 0.25) is 5.02 Å². The van der Waals surface area contributed by atoms with Crippen LogP contribution in [0.4, 0.5) is 4.39 Å². The van der Waals surface area contributed by atoms with Crippen LogP contribution in [0.5, 0.6) is 0 Å². The molecule has 0 aliphatic carbocycles. The zero-order valence-electron chi connectivity index (χ0n) is 19.8. The molecule has 0 saturated carbocycles. The first-order chi connectivity index (χ1) is 16.8. The van der Waals surface area contributed by atoms with Crippen molar-refractivity contribution in [3.63, 3.8) is 0 Å². The highest BCUT2D eigenvalue weighted by atomic mass is 35.5. The van der Waals surface area contributed by atoms with Gasteiger partial charge >= 0.3 is 0 Å². The third-order valence-electron chi connectivity index (χ3n) is 7.29. The lowest BCUT2D eigenvalue weighted by atomic mass is 9.97. The molecule has 0 N–H and O–H groups in total. The predicted molar refractivity (Wildman–Crippen MR) is 133 cm³/mol. The highest BCUT2D eigenvalue weighted by Gasteiger charge is 2.34. The number of aryl methyl sites for hydroxylation is 2. The van der Waals surface area contributed by atoms with E-state index in [4.69, 9.17) is 11.6 Å². The van der Waals surface area contributed by atoms with E-state index in [9.17, 15) is 18.8 Å². The molecule has 0 spiro atoms. The van der Waals surface area contributed by atoms with Crippen LogP contribution < -0.4 is 0 Å². The SMILES string of the molecule is CC(=O)c1cn2c3cc(ccc13)CCCCc1cc(Cl)c(F)c(c1)CC(=O)[C@@H]1CCCN1C(=O)C2. The Morgan fingerprint density at radius 3 is 2.60 bits per heavy atom. The van der Waals surface area contributed by atoms with Crippen molar-refractivity contribution < 1.29 is 18.8 Å². The number of nitrogens with zero attached hydrogens (tertiary/aromatic N) is 2. The van der Waals surface area contributed by atoms with E-state index in [1.54, 1.807) is 23.2 Å². The molecule has 1 aromatic heterocycles. The Hall–Kier alpha value is -2.99. The lowest BCUT2D eigenvalue weighted by molar-refractivity contribution is -0.137. The second kappa shape index (κ2) is 9.57. The van der Waals surface area contributed by atoms with Crippen LogP contribution in [0.15, 0.2) is 36.5 Å². The zero-order valence-corrected chi connectivity index (χ0v) is 20.5. The second-order valence-electron chi connectivity index (χ2n) is 9.72. The number of carbonyl (C=O) groups excluding carboxylic acids is 3. The number of ketones is 2. The van der Waals surface area contributed by atoms with Crippen LogP contribution in [-0.2, 0) is 35.4 Å². The number of carbonyl (C=O) groups is 3. The van der Waals surface area contributed by atoms with Gasteiger partial charge in [-0.25, -0.2) is 4.39 Å². The molecule has 5 rings (SSSR count). The van der Waals surface area contributed by atoms with Crippen LogP contribution in [0.3, 0.4) is 0 Å². The van der Waals surface area contributed by atoms with Crippen molar-refractivity contribution in [1.29, 1.82) is 0 Å². The van der Waals surface area contributed by atoms with Gasteiger partial charge in [0.25, 0.3) is 0 Å². The molecule has 3 heterocycles. The summed E-state index contributed by atoms with van der Waals surface area (Å²) in [6, 6.07) is 8.88. The summed E-state index contributed by atoms with van der Waals surface area (Å²) in [7, 11) is 0. The first-order valence-corrected chi connectivity index (χ1v) is 12.6. The van der Waals surface area contributed by atoms with E-state index >= 15 is 0 Å². The van der Waals surface area contributed by atoms with Crippen LogP contribution in [0.25, 0.3) is 10.9 Å². The molecular weight excluding hydrogens is 467 g/mol. The molecule has 0 radical (unpaired) electrons. The summed E-state index contributed by atoms with van der Waals surface area (Å²) in [5, 5.41) is 0.871. The van der Waals surface area contributed by atoms with E-state index in [2.05, 4.69) is 6.07 Å². The Kier molecular flexibility index (Phi) is 6.49. The molecule has 35 heavy (non-hydrogen) atoms. The summed E-state index contributed by atoms with van der Waals surface area (Å²) in [5.74, 6) is -0.946. The summed E-state index contributed by atoms with van der Waals surface area (Å²) in [6.45, 7) is 2.07. The summed E-state index contributed by atoms with van der Waals surface area (Å²) < 4.78 is 16.6. The molecule has 4 bridgehead atoms. The van der Waals surface area contributed by atoms with Crippen LogP contribution in [-0.4, -0.2) is 39.5 Å². The number of hydrogen-bond acceptors (Lipinski definition) is 3. The fraction of sp³-hybridized carbons (Fsp3) is 0.393. The Morgan fingerprint density at radius 1 is 1.06 bits per heavy atom. The van der Waals surface area contributed by atoms with Gasteiger partial charge in [0, 0.05) is 35.6 Å². The van der Waals surface area contributed by atoms with Gasteiger partial charge in [0.1, 0.15) is 12.4 Å². The summed E-state index contributed by atoms with van der Waals surface area (Å²) in [6.07, 6.45) is 6.35. The molecule has 5 nitrogen and oxygen atoms in total. The molecule has 182 valence electrons. The maximum Gasteiger partial charge on any atom is 0.243 e. The van der Waals surface area contributed by atoms with E-state index in [0.29, 0.717) is 24.1 Å². The second-order valence-corrected chi connectivity index (χ2v) is 10.1. The van der Waals surface area contributed by atoms with E-state index in [1.807, 2.05) is 16.7 Å². The van der Waals surface area contributed by atoms with Gasteiger partial charge < -0.3 is 9.47 Å². The first kappa shape index (κ1) is 23.7. The Balaban J connectivity index is 1.55. The van der Waals surface area contributed by atoms with Gasteiger partial charge in [0.2, 0.25) is 5.91 Å². The lowest BCUT2D eigenvalue weighted by Crippen LogP contribution is -2.42. The minimum Gasteiger partial charge on any atom is -0.337 e. The predicted octanol–water partition coefficient (Wildman–Crippen LogP) is 5.32. The fourth-order valence-corrected chi connectivity index (χ4v) is 5.75. The summed E-state index contributed by atoms with van der Waals surface area (Å²) in [4.78, 5) is 40.5. The van der Waals surface area contributed by atoms with E-state index in [1.165, 1.54) is 6.92 Å². The van der Waals surface area contributed by atoms with Gasteiger partial charge in [-0.05, 0) is 74.3 Å². The number of fused-ring (bicyclic) bond motifs is 4. The molecular formula is C28H28ClFN2O3. The van der Waals surface area contributed by atoms with Crippen molar-refractivity contribution in [1.82, 2.24) is 9.47 Å². The monoisotopic (exact) mass is 494 g/mol. The highest BCUT2D eigenvalue weighted by molar-refractivity contribution is 6.30. The molecule has 3 aromatic rings. The summed E-state index contributed by atoms with van der Waals surface area (Å²) in [5.41, 5.74) is 3.79. The van der Waals surface area contributed by atoms with Crippen molar-refractivity contribution in [3.8, 4) is 0 Å². The van der Waals surface area contributed by atoms with E-state index in [0.717, 1.165) is 54.1 Å². The van der Waals surface area contributed by atoms with Crippen LogP contribution in [0.1, 0.15) is 59.7 Å². The topological polar surface area (TPSA) is 59.4 Å². The molecule has 2 aliphatic heterocycles. The molecule has 1 saturated heterocycles. The number of benzene rings is 2. The maximum absolute atomic E-state index is 14.8. The third kappa shape index (κ3) is 4.64. The van der Waals surface area contributed by atoms with E-state index < -0.39 is 11.9 Å². The van der Waals surface area contributed by atoms with Gasteiger partial charge in [-0.2, -0.15) is 0 Å². The quantitative estimate of drug-likeness (QED) is 0.430. The van der Waals surface area contributed by atoms with Gasteiger partial charge in [-0.15, -0.1) is 0 Å². The Labute approximate surface area is 208 Å². The van der Waals surface area contributed by atoms with Crippen molar-refractivity contribution in [2.75, 3.05) is 6.54 Å². The zero-order chi connectivity index (χ0) is 24.7. The number of halogens is 2. The number of amides is 1. The molecule has 2 aliphatic rings. The maximum atomic E-state index is 14.8. The minimum atomic E-state index is -0.579. The molecule has 0 unspecified atom stereocenters. The fourth-order valence-electron chi connectivity index (χ4n) is 5.49. The number of rotatable bonds is 1. The van der Waals surface area contributed by atoms with Crippen molar-refractivity contribution in [2.24, 2.45) is 0 Å². The first-order valence-electron chi connectivity index (χ1n) is 12.2. The largest absolute Gasteiger partial charge is 0.337 e. The van der Waals surface area contributed by atoms with E-state index in [-0.39, 0.29) is 35.5 Å². The highest BCUT2D eigenvalue weighted by Crippen LogP contribution is 2.28. The molecule has 2 aromatic carbocycles. The molecule has 1 fully saturated rings. The average molecular weight is 495 g/mol. The average Bonchev–Trinajstić information content (AvgIpc) is 3.45. The molecule has 1 amide bonds. The third-order valence-corrected chi connectivity index (χ3v) is 7.56. The van der Waals surface area contributed by atoms with Crippen LogP contribution in [0, 0.1) is 5.82 Å². The van der Waals surface area contributed by atoms with Gasteiger partial charge in [0.15, 0.2) is 11.6 Å². The van der Waals surface area contributed by atoms with Gasteiger partial charge in [0.05, 0.1) is 11.1 Å². The van der Waals surface area contributed by atoms with Gasteiger partial charge in [-0.3, -0.25) is 14.4 Å². The standard InChI is InChI=1S/C28H28ClFN2O3/c1-17(33)22-15-31-16-27(35)32-10-4-7-24(32)26(34)14-20-11-19(12-23(29)28(20)30)6-3-2-5-18-8-9-21(22)25(31)13-18/h8-9,11-13,15,24H,2-7,10,14,16H2,1H3/t24-/m0/s1. The number of Topliss-reactive ketones (excluding diaryl/α,β-unsaturated/α-hetero) is 2.